The van der Waals surface area contributed by atoms with E-state index in [0.29, 0.717) is 26.1 Å². The SMILES string of the molecule is CNCCCC(=O)N1CCC(C(=O)NCc2ccccc2)CC1. The van der Waals surface area contributed by atoms with Crippen LogP contribution in [0.25, 0.3) is 0 Å². The molecule has 0 aliphatic carbocycles. The van der Waals surface area contributed by atoms with Crippen molar-refractivity contribution in [3.8, 4) is 0 Å². The Morgan fingerprint density at radius 2 is 1.87 bits per heavy atom. The van der Waals surface area contributed by atoms with Crippen LogP contribution in [0.3, 0.4) is 0 Å². The maximum absolute atomic E-state index is 12.2. The Bertz CT molecular complexity index is 496. The Morgan fingerprint density at radius 1 is 1.17 bits per heavy atom. The molecule has 0 bridgehead atoms. The highest BCUT2D eigenvalue weighted by molar-refractivity contribution is 5.80. The number of rotatable bonds is 7. The first kappa shape index (κ1) is 17.5. The Kier molecular flexibility index (Phi) is 7.07. The van der Waals surface area contributed by atoms with Crippen molar-refractivity contribution in [2.45, 2.75) is 32.2 Å². The van der Waals surface area contributed by atoms with Gasteiger partial charge in [0.2, 0.25) is 11.8 Å². The first-order valence-corrected chi connectivity index (χ1v) is 8.44. The van der Waals surface area contributed by atoms with E-state index in [9.17, 15) is 9.59 Å². The average Bonchev–Trinajstić information content (AvgIpc) is 2.61. The number of amides is 2. The van der Waals surface area contributed by atoms with Crippen LogP contribution in [0.4, 0.5) is 0 Å². The molecule has 2 amide bonds. The molecule has 1 aliphatic heterocycles. The van der Waals surface area contributed by atoms with Gasteiger partial charge in [0, 0.05) is 32.0 Å². The van der Waals surface area contributed by atoms with Crippen molar-refractivity contribution < 1.29 is 9.59 Å². The standard InChI is InChI=1S/C18H27N3O2/c1-19-11-5-8-17(22)21-12-9-16(10-13-21)18(23)20-14-15-6-3-2-4-7-15/h2-4,6-7,16,19H,5,8-14H2,1H3,(H,20,23). The zero-order valence-electron chi connectivity index (χ0n) is 13.9. The van der Waals surface area contributed by atoms with Gasteiger partial charge in [0.1, 0.15) is 0 Å². The molecular formula is C18H27N3O2. The molecule has 1 aliphatic rings. The second kappa shape index (κ2) is 9.30. The molecule has 0 atom stereocenters. The highest BCUT2D eigenvalue weighted by Gasteiger charge is 2.26. The van der Waals surface area contributed by atoms with E-state index >= 15 is 0 Å². The van der Waals surface area contributed by atoms with Gasteiger partial charge in [0.15, 0.2) is 0 Å². The summed E-state index contributed by atoms with van der Waals surface area (Å²) < 4.78 is 0. The Labute approximate surface area is 138 Å². The molecule has 0 radical (unpaired) electrons. The van der Waals surface area contributed by atoms with E-state index in [1.165, 1.54) is 0 Å². The third kappa shape index (κ3) is 5.67. The second-order valence-electron chi connectivity index (χ2n) is 6.07. The monoisotopic (exact) mass is 317 g/mol. The minimum absolute atomic E-state index is 0.0278. The van der Waals surface area contributed by atoms with E-state index in [1.807, 2.05) is 42.3 Å². The molecule has 126 valence electrons. The summed E-state index contributed by atoms with van der Waals surface area (Å²) in [5.74, 6) is 0.347. The van der Waals surface area contributed by atoms with Crippen molar-refractivity contribution >= 4 is 11.8 Å². The molecular weight excluding hydrogens is 290 g/mol. The van der Waals surface area contributed by atoms with Gasteiger partial charge in [-0.05, 0) is 38.4 Å². The van der Waals surface area contributed by atoms with Crippen LogP contribution in [0.5, 0.6) is 0 Å². The molecule has 1 aromatic carbocycles. The molecule has 1 heterocycles. The smallest absolute Gasteiger partial charge is 0.223 e. The van der Waals surface area contributed by atoms with Crippen LogP contribution in [-0.2, 0) is 16.1 Å². The molecule has 1 saturated heterocycles. The van der Waals surface area contributed by atoms with Gasteiger partial charge < -0.3 is 15.5 Å². The summed E-state index contributed by atoms with van der Waals surface area (Å²) in [7, 11) is 1.89. The lowest BCUT2D eigenvalue weighted by atomic mass is 9.95. The topological polar surface area (TPSA) is 61.4 Å². The fraction of sp³-hybridized carbons (Fsp3) is 0.556. The summed E-state index contributed by atoms with van der Waals surface area (Å²) in [6.07, 6.45) is 2.98. The summed E-state index contributed by atoms with van der Waals surface area (Å²) >= 11 is 0. The van der Waals surface area contributed by atoms with Gasteiger partial charge in [-0.2, -0.15) is 0 Å². The molecule has 2 N–H and O–H groups in total. The molecule has 1 fully saturated rings. The van der Waals surface area contributed by atoms with Gasteiger partial charge in [-0.25, -0.2) is 0 Å². The Balaban J connectivity index is 1.69. The highest BCUT2D eigenvalue weighted by atomic mass is 16.2. The lowest BCUT2D eigenvalue weighted by molar-refractivity contribution is -0.135. The van der Waals surface area contributed by atoms with Crippen molar-refractivity contribution in [2.75, 3.05) is 26.7 Å². The van der Waals surface area contributed by atoms with E-state index in [1.54, 1.807) is 0 Å². The van der Waals surface area contributed by atoms with Gasteiger partial charge in [0.05, 0.1) is 0 Å². The number of nitrogens with zero attached hydrogens (tertiary/aromatic N) is 1. The molecule has 0 spiro atoms. The first-order valence-electron chi connectivity index (χ1n) is 8.44. The molecule has 0 saturated carbocycles. The lowest BCUT2D eigenvalue weighted by Crippen LogP contribution is -2.43. The molecule has 0 unspecified atom stereocenters. The van der Waals surface area contributed by atoms with Crippen LogP contribution in [-0.4, -0.2) is 43.4 Å². The van der Waals surface area contributed by atoms with E-state index in [0.717, 1.165) is 31.4 Å². The molecule has 0 aromatic heterocycles. The van der Waals surface area contributed by atoms with Crippen LogP contribution in [0, 0.1) is 5.92 Å². The van der Waals surface area contributed by atoms with Crippen LogP contribution in [0.15, 0.2) is 30.3 Å². The van der Waals surface area contributed by atoms with Gasteiger partial charge in [0.25, 0.3) is 0 Å². The number of piperidine rings is 1. The maximum atomic E-state index is 12.2. The van der Waals surface area contributed by atoms with Crippen LogP contribution in [0.1, 0.15) is 31.2 Å². The third-order valence-electron chi connectivity index (χ3n) is 4.35. The summed E-state index contributed by atoms with van der Waals surface area (Å²) in [6.45, 7) is 2.83. The summed E-state index contributed by atoms with van der Waals surface area (Å²) in [5.41, 5.74) is 1.11. The van der Waals surface area contributed by atoms with Gasteiger partial charge in [-0.1, -0.05) is 30.3 Å². The summed E-state index contributed by atoms with van der Waals surface area (Å²) in [6, 6.07) is 9.92. The van der Waals surface area contributed by atoms with Crippen molar-refractivity contribution in [1.29, 1.82) is 0 Å². The molecule has 2 rings (SSSR count). The second-order valence-corrected chi connectivity index (χ2v) is 6.07. The van der Waals surface area contributed by atoms with Crippen LogP contribution < -0.4 is 10.6 Å². The largest absolute Gasteiger partial charge is 0.352 e. The van der Waals surface area contributed by atoms with Crippen LogP contribution >= 0.6 is 0 Å². The normalized spacial score (nSPS) is 15.4. The zero-order chi connectivity index (χ0) is 16.5. The predicted octanol–water partition coefficient (Wildman–Crippen LogP) is 1.54. The first-order chi connectivity index (χ1) is 11.2. The number of nitrogens with one attached hydrogen (secondary N) is 2. The Hall–Kier alpha value is -1.88. The third-order valence-corrected chi connectivity index (χ3v) is 4.35. The van der Waals surface area contributed by atoms with E-state index in [2.05, 4.69) is 10.6 Å². The average molecular weight is 317 g/mol. The summed E-state index contributed by atoms with van der Waals surface area (Å²) in [5, 5.41) is 6.06. The zero-order valence-corrected chi connectivity index (χ0v) is 13.9. The van der Waals surface area contributed by atoms with Crippen molar-refractivity contribution in [1.82, 2.24) is 15.5 Å². The number of likely N-dealkylation sites (tertiary alicyclic amines) is 1. The van der Waals surface area contributed by atoms with Gasteiger partial charge in [-0.15, -0.1) is 0 Å². The number of hydrogen-bond donors (Lipinski definition) is 2. The van der Waals surface area contributed by atoms with Gasteiger partial charge >= 0.3 is 0 Å². The number of carbonyl (C=O) groups is 2. The molecule has 1 aromatic rings. The van der Waals surface area contributed by atoms with E-state index in [-0.39, 0.29) is 17.7 Å². The maximum Gasteiger partial charge on any atom is 0.223 e. The molecule has 5 nitrogen and oxygen atoms in total. The van der Waals surface area contributed by atoms with E-state index < -0.39 is 0 Å². The predicted molar refractivity (Wildman–Crippen MR) is 90.8 cm³/mol. The minimum atomic E-state index is 0.0278. The fourth-order valence-corrected chi connectivity index (χ4v) is 2.89. The number of hydrogen-bond acceptors (Lipinski definition) is 3. The minimum Gasteiger partial charge on any atom is -0.352 e. The lowest BCUT2D eigenvalue weighted by Gasteiger charge is -2.31. The van der Waals surface area contributed by atoms with Crippen molar-refractivity contribution in [3.05, 3.63) is 35.9 Å². The number of carbonyl (C=O) groups excluding carboxylic acids is 2. The van der Waals surface area contributed by atoms with Crippen LogP contribution in [0.2, 0.25) is 0 Å². The van der Waals surface area contributed by atoms with Crippen molar-refractivity contribution in [3.63, 3.8) is 0 Å². The van der Waals surface area contributed by atoms with E-state index in [4.69, 9.17) is 0 Å². The Morgan fingerprint density at radius 3 is 2.52 bits per heavy atom. The fourth-order valence-electron chi connectivity index (χ4n) is 2.89. The molecule has 23 heavy (non-hydrogen) atoms. The quantitative estimate of drug-likeness (QED) is 0.750. The number of benzene rings is 1. The van der Waals surface area contributed by atoms with Gasteiger partial charge in [-0.3, -0.25) is 9.59 Å². The highest BCUT2D eigenvalue weighted by Crippen LogP contribution is 2.18. The van der Waals surface area contributed by atoms with Crippen molar-refractivity contribution in [2.24, 2.45) is 5.92 Å². The molecule has 5 heteroatoms. The summed E-state index contributed by atoms with van der Waals surface area (Å²) in [4.78, 5) is 26.2.